The van der Waals surface area contributed by atoms with Crippen LogP contribution < -0.4 is 10.0 Å². The van der Waals surface area contributed by atoms with E-state index in [9.17, 15) is 22.0 Å². The van der Waals surface area contributed by atoms with E-state index in [0.29, 0.717) is 12.0 Å². The number of nitrogens with one attached hydrogen (secondary N) is 2. The molecule has 2 heterocycles. The van der Waals surface area contributed by atoms with Crippen LogP contribution in [0.25, 0.3) is 0 Å². The molecule has 2 aliphatic heterocycles. The van der Waals surface area contributed by atoms with Crippen LogP contribution in [0.2, 0.25) is 0 Å². The van der Waals surface area contributed by atoms with Crippen molar-refractivity contribution in [3.05, 3.63) is 70.0 Å². The quantitative estimate of drug-likeness (QED) is 0.707. The van der Waals surface area contributed by atoms with Crippen LogP contribution >= 0.6 is 0 Å². The maximum Gasteiger partial charge on any atom is 0.318 e. The number of fused-ring (bicyclic) bond motifs is 5. The van der Waals surface area contributed by atoms with Gasteiger partial charge in [-0.05, 0) is 48.1 Å². The SMILES string of the molecule is CCS(=O)(=O)N[C@@H]1[C@@H]2Cc3cccc(c3F)Cc3cc(ccc3C)CNC(=O)N2CC1(F)F. The molecule has 1 saturated heterocycles. The van der Waals surface area contributed by atoms with Crippen molar-refractivity contribution in [1.29, 1.82) is 0 Å². The molecule has 4 bridgehead atoms. The van der Waals surface area contributed by atoms with Crippen molar-refractivity contribution in [3.63, 3.8) is 0 Å². The predicted molar refractivity (Wildman–Crippen MR) is 118 cm³/mol. The lowest BCUT2D eigenvalue weighted by Gasteiger charge is -2.28. The first kappa shape index (κ1) is 23.6. The van der Waals surface area contributed by atoms with Gasteiger partial charge in [-0.15, -0.1) is 0 Å². The number of amides is 2. The summed E-state index contributed by atoms with van der Waals surface area (Å²) in [6, 6.07) is 6.45. The van der Waals surface area contributed by atoms with E-state index in [2.05, 4.69) is 10.0 Å². The second-order valence-corrected chi connectivity index (χ2v) is 10.7. The van der Waals surface area contributed by atoms with E-state index in [1.54, 1.807) is 12.1 Å². The Morgan fingerprint density at radius 2 is 1.91 bits per heavy atom. The van der Waals surface area contributed by atoms with Crippen LogP contribution in [0.3, 0.4) is 0 Å². The zero-order valence-corrected chi connectivity index (χ0v) is 19.2. The van der Waals surface area contributed by atoms with Gasteiger partial charge in [0.05, 0.1) is 18.3 Å². The number of carbonyl (C=O) groups is 1. The number of aryl methyl sites for hydroxylation is 1. The largest absolute Gasteiger partial charge is 0.334 e. The number of alkyl halides is 2. The summed E-state index contributed by atoms with van der Waals surface area (Å²) in [7, 11) is -4.00. The number of halogens is 3. The molecule has 0 unspecified atom stereocenters. The average molecular weight is 482 g/mol. The average Bonchev–Trinajstić information content (AvgIpc) is 3.00. The van der Waals surface area contributed by atoms with Crippen molar-refractivity contribution in [1.82, 2.24) is 14.9 Å². The molecule has 0 spiro atoms. The molecule has 10 heteroatoms. The van der Waals surface area contributed by atoms with Crippen LogP contribution in [0.4, 0.5) is 18.0 Å². The summed E-state index contributed by atoms with van der Waals surface area (Å²) >= 11 is 0. The van der Waals surface area contributed by atoms with Crippen molar-refractivity contribution in [2.75, 3.05) is 12.3 Å². The van der Waals surface area contributed by atoms with Crippen LogP contribution in [-0.4, -0.2) is 49.7 Å². The molecule has 0 radical (unpaired) electrons. The zero-order valence-electron chi connectivity index (χ0n) is 18.4. The first-order valence-corrected chi connectivity index (χ1v) is 12.4. The van der Waals surface area contributed by atoms with E-state index in [4.69, 9.17) is 0 Å². The van der Waals surface area contributed by atoms with Crippen molar-refractivity contribution >= 4 is 16.1 Å². The van der Waals surface area contributed by atoms with Gasteiger partial charge in [0.2, 0.25) is 10.0 Å². The topological polar surface area (TPSA) is 78.5 Å². The summed E-state index contributed by atoms with van der Waals surface area (Å²) in [5, 5.41) is 2.66. The molecule has 0 aliphatic carbocycles. The molecule has 2 atom stereocenters. The van der Waals surface area contributed by atoms with Gasteiger partial charge in [0.25, 0.3) is 5.92 Å². The third-order valence-corrected chi connectivity index (χ3v) is 7.77. The molecule has 33 heavy (non-hydrogen) atoms. The van der Waals surface area contributed by atoms with Gasteiger partial charge < -0.3 is 10.2 Å². The molecule has 2 amide bonds. The van der Waals surface area contributed by atoms with Gasteiger partial charge in [0.15, 0.2) is 0 Å². The van der Waals surface area contributed by atoms with Crippen LogP contribution in [0, 0.1) is 12.7 Å². The summed E-state index contributed by atoms with van der Waals surface area (Å²) in [6.45, 7) is 2.39. The van der Waals surface area contributed by atoms with Crippen LogP contribution in [0.1, 0.15) is 34.7 Å². The predicted octanol–water partition coefficient (Wildman–Crippen LogP) is 3.12. The number of nitrogens with zero attached hydrogens (tertiary/aromatic N) is 1. The van der Waals surface area contributed by atoms with Gasteiger partial charge >= 0.3 is 6.03 Å². The van der Waals surface area contributed by atoms with Crippen molar-refractivity contribution in [2.24, 2.45) is 0 Å². The lowest BCUT2D eigenvalue weighted by atomic mass is 9.94. The highest BCUT2D eigenvalue weighted by Gasteiger charge is 2.57. The lowest BCUT2D eigenvalue weighted by molar-refractivity contribution is -0.00456. The van der Waals surface area contributed by atoms with E-state index in [-0.39, 0.29) is 18.5 Å². The number of hydrogen-bond donors (Lipinski definition) is 2. The van der Waals surface area contributed by atoms with E-state index >= 15 is 4.39 Å². The molecular formula is C23H26F3N3O3S. The van der Waals surface area contributed by atoms with E-state index in [0.717, 1.165) is 21.6 Å². The highest BCUT2D eigenvalue weighted by molar-refractivity contribution is 7.89. The van der Waals surface area contributed by atoms with Crippen molar-refractivity contribution in [3.8, 4) is 0 Å². The van der Waals surface area contributed by atoms with Gasteiger partial charge in [-0.2, -0.15) is 0 Å². The van der Waals surface area contributed by atoms with Crippen LogP contribution in [0.5, 0.6) is 0 Å². The molecule has 2 aromatic rings. The second-order valence-electron chi connectivity index (χ2n) is 8.65. The highest BCUT2D eigenvalue weighted by Crippen LogP contribution is 2.36. The number of hydrogen-bond acceptors (Lipinski definition) is 3. The van der Waals surface area contributed by atoms with Gasteiger partial charge in [-0.1, -0.05) is 36.4 Å². The number of carbonyl (C=O) groups excluding carboxylic acids is 1. The summed E-state index contributed by atoms with van der Waals surface area (Å²) in [5.74, 6) is -4.45. The molecule has 2 N–H and O–H groups in total. The highest BCUT2D eigenvalue weighted by atomic mass is 32.2. The Balaban J connectivity index is 1.81. The fourth-order valence-corrected chi connectivity index (χ4v) is 5.34. The Labute approximate surface area is 191 Å². The minimum atomic E-state index is -4.00. The van der Waals surface area contributed by atoms with Gasteiger partial charge in [-0.25, -0.2) is 31.1 Å². The number of sulfonamides is 1. The third-order valence-electron chi connectivity index (χ3n) is 6.39. The molecule has 178 valence electrons. The molecule has 2 aliphatic rings. The second kappa shape index (κ2) is 8.64. The minimum absolute atomic E-state index is 0.103. The molecular weight excluding hydrogens is 455 g/mol. The van der Waals surface area contributed by atoms with Crippen molar-refractivity contribution in [2.45, 2.75) is 51.2 Å². The Kier molecular flexibility index (Phi) is 6.17. The van der Waals surface area contributed by atoms with Gasteiger partial charge in [-0.3, -0.25) is 0 Å². The normalized spacial score (nSPS) is 22.6. The number of benzene rings is 2. The maximum atomic E-state index is 15.5. The Hall–Kier alpha value is -2.59. The summed E-state index contributed by atoms with van der Waals surface area (Å²) in [6.07, 6.45) is 0.0554. The smallest absolute Gasteiger partial charge is 0.318 e. The summed E-state index contributed by atoms with van der Waals surface area (Å²) in [4.78, 5) is 13.9. The van der Waals surface area contributed by atoms with E-state index in [1.165, 1.54) is 13.0 Å². The Morgan fingerprint density at radius 1 is 1.18 bits per heavy atom. The third kappa shape index (κ3) is 4.72. The van der Waals surface area contributed by atoms with Crippen LogP contribution in [-0.2, 0) is 29.4 Å². The number of urea groups is 1. The Morgan fingerprint density at radius 3 is 2.64 bits per heavy atom. The zero-order chi connectivity index (χ0) is 24.0. The first-order chi connectivity index (χ1) is 15.5. The summed E-state index contributed by atoms with van der Waals surface area (Å²) < 4.78 is 71.8. The summed E-state index contributed by atoms with van der Waals surface area (Å²) in [5.41, 5.74) is 3.19. The van der Waals surface area contributed by atoms with E-state index < -0.39 is 52.2 Å². The molecule has 2 aromatic carbocycles. The first-order valence-electron chi connectivity index (χ1n) is 10.8. The molecule has 0 aromatic heterocycles. The maximum absolute atomic E-state index is 15.5. The fourth-order valence-electron chi connectivity index (χ4n) is 4.46. The lowest BCUT2D eigenvalue weighted by Crippen LogP contribution is -2.53. The van der Waals surface area contributed by atoms with Crippen molar-refractivity contribution < 1.29 is 26.4 Å². The minimum Gasteiger partial charge on any atom is -0.334 e. The van der Waals surface area contributed by atoms with Gasteiger partial charge in [0.1, 0.15) is 11.9 Å². The van der Waals surface area contributed by atoms with Gasteiger partial charge in [0, 0.05) is 13.0 Å². The molecule has 6 nitrogen and oxygen atoms in total. The Bertz CT molecular complexity index is 1190. The molecule has 0 saturated carbocycles. The number of rotatable bonds is 3. The molecule has 4 rings (SSSR count). The monoisotopic (exact) mass is 481 g/mol. The van der Waals surface area contributed by atoms with E-state index in [1.807, 2.05) is 25.1 Å². The fraction of sp³-hybridized carbons (Fsp3) is 0.435. The molecule has 1 fully saturated rings. The van der Waals surface area contributed by atoms with Crippen LogP contribution in [0.15, 0.2) is 36.4 Å². The standard InChI is InChI=1S/C23H26F3N3O3S/c1-3-33(31,32)28-21-19-11-17-6-4-5-16(20(17)24)10-18-9-15(8-7-14(18)2)12-27-22(30)29(19)13-23(21,25)26/h4-9,19,21,28H,3,10-13H2,1-2H3,(H,27,30)/t19-,21+/m0/s1.